The van der Waals surface area contributed by atoms with E-state index in [2.05, 4.69) is 26.6 Å². The molecule has 0 radical (unpaired) electrons. The third-order valence-electron chi connectivity index (χ3n) is 2.86. The Hall–Kier alpha value is -1.01. The molecule has 0 fully saturated rings. The molecule has 2 aromatic rings. The van der Waals surface area contributed by atoms with Crippen LogP contribution >= 0.6 is 50.7 Å². The predicted molar refractivity (Wildman–Crippen MR) is 95.7 cm³/mol. The Morgan fingerprint density at radius 2 is 1.61 bits per heavy atom. The van der Waals surface area contributed by atoms with Gasteiger partial charge in [0.2, 0.25) is 3.79 Å². The number of rotatable bonds is 4. The number of amides is 1. The lowest BCUT2D eigenvalue weighted by atomic mass is 10.2. The van der Waals surface area contributed by atoms with Gasteiger partial charge in [0.15, 0.2) is 0 Å². The van der Waals surface area contributed by atoms with E-state index in [0.717, 1.165) is 4.47 Å². The Morgan fingerprint density at radius 3 is 2.13 bits per heavy atom. The van der Waals surface area contributed by atoms with Gasteiger partial charge < -0.3 is 10.6 Å². The van der Waals surface area contributed by atoms with Crippen molar-refractivity contribution in [3.8, 4) is 0 Å². The highest BCUT2D eigenvalue weighted by atomic mass is 79.9. The monoisotopic (exact) mass is 438 g/mol. The van der Waals surface area contributed by atoms with E-state index in [1.807, 2.05) is 0 Å². The number of nitrogens with one attached hydrogen (secondary N) is 2. The van der Waals surface area contributed by atoms with Gasteiger partial charge >= 0.3 is 0 Å². The van der Waals surface area contributed by atoms with Gasteiger partial charge in [0.05, 0.1) is 0 Å². The number of carbonyl (C=O) groups is 1. The molecule has 23 heavy (non-hydrogen) atoms. The molecule has 3 nitrogen and oxygen atoms in total. The van der Waals surface area contributed by atoms with Crippen LogP contribution < -0.4 is 10.6 Å². The van der Waals surface area contributed by atoms with E-state index in [0.29, 0.717) is 5.69 Å². The molecule has 1 unspecified atom stereocenters. The highest BCUT2D eigenvalue weighted by Gasteiger charge is 2.34. The molecule has 1 atom stereocenters. The molecule has 0 aliphatic heterocycles. The fourth-order valence-electron chi connectivity index (χ4n) is 1.73. The van der Waals surface area contributed by atoms with Crippen LogP contribution in [-0.2, 0) is 0 Å². The van der Waals surface area contributed by atoms with E-state index in [9.17, 15) is 9.18 Å². The van der Waals surface area contributed by atoms with Crippen molar-refractivity contribution in [2.45, 2.75) is 9.96 Å². The summed E-state index contributed by atoms with van der Waals surface area (Å²) in [5.74, 6) is -0.932. The van der Waals surface area contributed by atoms with E-state index in [-0.39, 0.29) is 5.56 Å². The average Bonchev–Trinajstić information content (AvgIpc) is 2.48. The van der Waals surface area contributed by atoms with Gasteiger partial charge in [0, 0.05) is 15.7 Å². The van der Waals surface area contributed by atoms with Crippen LogP contribution in [0.2, 0.25) is 0 Å². The van der Waals surface area contributed by atoms with E-state index < -0.39 is 21.7 Å². The van der Waals surface area contributed by atoms with Gasteiger partial charge in [-0.15, -0.1) is 0 Å². The fourth-order valence-corrected chi connectivity index (χ4v) is 2.32. The second kappa shape index (κ2) is 7.71. The van der Waals surface area contributed by atoms with Crippen molar-refractivity contribution >= 4 is 62.3 Å². The molecule has 0 saturated heterocycles. The van der Waals surface area contributed by atoms with Crippen molar-refractivity contribution in [1.82, 2.24) is 5.32 Å². The lowest BCUT2D eigenvalue weighted by Gasteiger charge is -2.27. The molecule has 122 valence electrons. The summed E-state index contributed by atoms with van der Waals surface area (Å²) in [7, 11) is 0. The van der Waals surface area contributed by atoms with E-state index in [1.54, 1.807) is 24.3 Å². The Kier molecular flexibility index (Phi) is 6.14. The summed E-state index contributed by atoms with van der Waals surface area (Å²) < 4.78 is 12.0. The summed E-state index contributed by atoms with van der Waals surface area (Å²) in [6, 6.07) is 12.2. The van der Waals surface area contributed by atoms with Crippen LogP contribution in [0, 0.1) is 5.82 Å². The van der Waals surface area contributed by atoms with Gasteiger partial charge in [0.1, 0.15) is 12.0 Å². The van der Waals surface area contributed by atoms with E-state index >= 15 is 0 Å². The molecule has 0 saturated carbocycles. The molecule has 0 aliphatic rings. The second-order valence-corrected chi connectivity index (χ2v) is 7.89. The molecule has 0 bridgehead atoms. The Morgan fingerprint density at radius 1 is 1.04 bits per heavy atom. The minimum Gasteiger partial charge on any atom is -0.362 e. The maximum atomic E-state index is 12.9. The maximum Gasteiger partial charge on any atom is 0.252 e. The molecule has 8 heteroatoms. The lowest BCUT2D eigenvalue weighted by Crippen LogP contribution is -2.49. The molecular weight excluding hydrogens is 429 g/mol. The Balaban J connectivity index is 2.14. The van der Waals surface area contributed by atoms with Crippen molar-refractivity contribution in [1.29, 1.82) is 0 Å². The maximum absolute atomic E-state index is 12.9. The topological polar surface area (TPSA) is 41.1 Å². The largest absolute Gasteiger partial charge is 0.362 e. The standard InChI is InChI=1S/C15H11BrCl3FN2O/c16-10-3-7-12(8-4-10)21-14(15(17,18)19)22-13(23)9-1-5-11(20)6-2-9/h1-8,14,21H,(H,22,23). The van der Waals surface area contributed by atoms with Crippen molar-refractivity contribution in [2.75, 3.05) is 5.32 Å². The number of anilines is 1. The van der Waals surface area contributed by atoms with Gasteiger partial charge in [-0.25, -0.2) is 4.39 Å². The van der Waals surface area contributed by atoms with Crippen LogP contribution in [-0.4, -0.2) is 15.9 Å². The van der Waals surface area contributed by atoms with Crippen LogP contribution in [0.1, 0.15) is 10.4 Å². The number of carbonyl (C=O) groups excluding carboxylic acids is 1. The molecular formula is C15H11BrCl3FN2O. The summed E-state index contributed by atoms with van der Waals surface area (Å²) in [6.07, 6.45) is -0.980. The van der Waals surface area contributed by atoms with Gasteiger partial charge in [-0.3, -0.25) is 4.79 Å². The normalized spacial score (nSPS) is 12.6. The molecule has 2 rings (SSSR count). The average molecular weight is 441 g/mol. The minimum atomic E-state index is -1.79. The van der Waals surface area contributed by atoms with Crippen molar-refractivity contribution in [2.24, 2.45) is 0 Å². The summed E-state index contributed by atoms with van der Waals surface area (Å²) in [5.41, 5.74) is 0.909. The third kappa shape index (κ3) is 5.53. The van der Waals surface area contributed by atoms with Crippen LogP contribution in [0.3, 0.4) is 0 Å². The first-order valence-electron chi connectivity index (χ1n) is 6.41. The van der Waals surface area contributed by atoms with Crippen LogP contribution in [0.5, 0.6) is 0 Å². The predicted octanol–water partition coefficient (Wildman–Crippen LogP) is 5.13. The van der Waals surface area contributed by atoms with Gasteiger partial charge in [-0.05, 0) is 48.5 Å². The van der Waals surface area contributed by atoms with Crippen LogP contribution in [0.4, 0.5) is 10.1 Å². The zero-order valence-electron chi connectivity index (χ0n) is 11.5. The Labute approximate surface area is 156 Å². The zero-order valence-corrected chi connectivity index (χ0v) is 15.3. The molecule has 2 N–H and O–H groups in total. The summed E-state index contributed by atoms with van der Waals surface area (Å²) in [5, 5.41) is 5.51. The number of halogens is 5. The molecule has 1 amide bonds. The van der Waals surface area contributed by atoms with Crippen LogP contribution in [0.15, 0.2) is 53.0 Å². The molecule has 0 heterocycles. The highest BCUT2D eigenvalue weighted by Crippen LogP contribution is 2.31. The third-order valence-corrected chi connectivity index (χ3v) is 4.05. The minimum absolute atomic E-state index is 0.253. The first kappa shape index (κ1) is 18.3. The fraction of sp³-hybridized carbons (Fsp3) is 0.133. The van der Waals surface area contributed by atoms with Crippen molar-refractivity contribution in [3.05, 3.63) is 64.4 Å². The van der Waals surface area contributed by atoms with Gasteiger partial charge in [0.25, 0.3) is 5.91 Å². The van der Waals surface area contributed by atoms with Crippen molar-refractivity contribution < 1.29 is 9.18 Å². The quantitative estimate of drug-likeness (QED) is 0.511. The summed E-state index contributed by atoms with van der Waals surface area (Å²) in [4.78, 5) is 12.2. The van der Waals surface area contributed by atoms with Gasteiger partial charge in [-0.1, -0.05) is 50.7 Å². The SMILES string of the molecule is O=C(NC(Nc1ccc(Br)cc1)C(Cl)(Cl)Cl)c1ccc(F)cc1. The number of hydrogen-bond acceptors (Lipinski definition) is 2. The first-order valence-corrected chi connectivity index (χ1v) is 8.33. The van der Waals surface area contributed by atoms with E-state index in [1.165, 1.54) is 24.3 Å². The highest BCUT2D eigenvalue weighted by molar-refractivity contribution is 9.10. The zero-order chi connectivity index (χ0) is 17.0. The smallest absolute Gasteiger partial charge is 0.252 e. The Bertz CT molecular complexity index is 675. The first-order chi connectivity index (χ1) is 10.8. The number of alkyl halides is 3. The molecule has 0 aliphatic carbocycles. The van der Waals surface area contributed by atoms with Gasteiger partial charge in [-0.2, -0.15) is 0 Å². The number of hydrogen-bond donors (Lipinski definition) is 2. The lowest BCUT2D eigenvalue weighted by molar-refractivity contribution is 0.0942. The summed E-state index contributed by atoms with van der Waals surface area (Å²) >= 11 is 21.1. The second-order valence-electron chi connectivity index (χ2n) is 4.61. The van der Waals surface area contributed by atoms with Crippen LogP contribution in [0.25, 0.3) is 0 Å². The molecule has 0 aromatic heterocycles. The molecule has 0 spiro atoms. The number of benzene rings is 2. The van der Waals surface area contributed by atoms with Crippen molar-refractivity contribution in [3.63, 3.8) is 0 Å². The van der Waals surface area contributed by atoms with E-state index in [4.69, 9.17) is 34.8 Å². The summed E-state index contributed by atoms with van der Waals surface area (Å²) in [6.45, 7) is 0. The molecule has 2 aromatic carbocycles.